The maximum Gasteiger partial charge on any atom is 0.0846 e. The van der Waals surface area contributed by atoms with Gasteiger partial charge < -0.3 is 10.8 Å². The number of benzene rings is 1. The van der Waals surface area contributed by atoms with Crippen molar-refractivity contribution in [3.05, 3.63) is 47.8 Å². The van der Waals surface area contributed by atoms with E-state index in [4.69, 9.17) is 5.73 Å². The lowest BCUT2D eigenvalue weighted by Crippen LogP contribution is -2.07. The van der Waals surface area contributed by atoms with Crippen molar-refractivity contribution in [3.8, 4) is 0 Å². The van der Waals surface area contributed by atoms with Crippen LogP contribution in [0.4, 0.5) is 5.69 Å². The SMILES string of the molecule is CCC(C)n1ccc(CC(O)c2ccc(N)cc2)n1. The van der Waals surface area contributed by atoms with E-state index in [-0.39, 0.29) is 0 Å². The molecule has 0 saturated heterocycles. The minimum Gasteiger partial charge on any atom is -0.399 e. The highest BCUT2D eigenvalue weighted by atomic mass is 16.3. The van der Waals surface area contributed by atoms with Gasteiger partial charge in [0, 0.05) is 24.3 Å². The molecule has 0 fully saturated rings. The number of aliphatic hydroxyl groups is 1. The van der Waals surface area contributed by atoms with Crippen LogP contribution in [0.15, 0.2) is 36.5 Å². The van der Waals surface area contributed by atoms with Gasteiger partial charge in [-0.2, -0.15) is 5.10 Å². The fraction of sp³-hybridized carbons (Fsp3) is 0.400. The number of nitrogen functional groups attached to an aromatic ring is 1. The van der Waals surface area contributed by atoms with E-state index >= 15 is 0 Å². The van der Waals surface area contributed by atoms with Crippen LogP contribution in [0.2, 0.25) is 0 Å². The lowest BCUT2D eigenvalue weighted by Gasteiger charge is -2.10. The fourth-order valence-corrected chi connectivity index (χ4v) is 1.95. The summed E-state index contributed by atoms with van der Waals surface area (Å²) < 4.78 is 1.95. The molecule has 4 heteroatoms. The van der Waals surface area contributed by atoms with E-state index in [2.05, 4.69) is 18.9 Å². The highest BCUT2D eigenvalue weighted by Gasteiger charge is 2.11. The topological polar surface area (TPSA) is 64.1 Å². The highest BCUT2D eigenvalue weighted by molar-refractivity contribution is 5.40. The Labute approximate surface area is 113 Å². The molecule has 3 N–H and O–H groups in total. The third-order valence-electron chi connectivity index (χ3n) is 3.43. The van der Waals surface area contributed by atoms with Crippen molar-refractivity contribution < 1.29 is 5.11 Å². The molecule has 2 rings (SSSR count). The predicted molar refractivity (Wildman–Crippen MR) is 76.7 cm³/mol. The van der Waals surface area contributed by atoms with Gasteiger partial charge in [-0.3, -0.25) is 4.68 Å². The van der Waals surface area contributed by atoms with E-state index < -0.39 is 6.10 Å². The van der Waals surface area contributed by atoms with Gasteiger partial charge in [-0.25, -0.2) is 0 Å². The van der Waals surface area contributed by atoms with Gasteiger partial charge in [0.2, 0.25) is 0 Å². The first kappa shape index (κ1) is 13.6. The first-order valence-corrected chi connectivity index (χ1v) is 6.67. The molecule has 0 radical (unpaired) electrons. The monoisotopic (exact) mass is 259 g/mol. The van der Waals surface area contributed by atoms with Crippen molar-refractivity contribution in [1.29, 1.82) is 0 Å². The Balaban J connectivity index is 2.04. The summed E-state index contributed by atoms with van der Waals surface area (Å²) >= 11 is 0. The summed E-state index contributed by atoms with van der Waals surface area (Å²) in [5.41, 5.74) is 8.11. The molecule has 0 amide bonds. The number of hydrogen-bond acceptors (Lipinski definition) is 3. The second kappa shape index (κ2) is 5.89. The summed E-state index contributed by atoms with van der Waals surface area (Å²) in [6, 6.07) is 9.67. The fourth-order valence-electron chi connectivity index (χ4n) is 1.95. The molecule has 0 bridgehead atoms. The Morgan fingerprint density at radius 1 is 1.26 bits per heavy atom. The molecule has 102 valence electrons. The molecule has 19 heavy (non-hydrogen) atoms. The lowest BCUT2D eigenvalue weighted by molar-refractivity contribution is 0.177. The van der Waals surface area contributed by atoms with Crippen molar-refractivity contribution >= 4 is 5.69 Å². The summed E-state index contributed by atoms with van der Waals surface area (Å²) in [4.78, 5) is 0. The number of nitrogens with two attached hydrogens (primary N) is 1. The molecular weight excluding hydrogens is 238 g/mol. The summed E-state index contributed by atoms with van der Waals surface area (Å²) in [7, 11) is 0. The van der Waals surface area contributed by atoms with Crippen LogP contribution in [0.3, 0.4) is 0 Å². The third-order valence-corrected chi connectivity index (χ3v) is 3.43. The van der Waals surface area contributed by atoms with Crippen LogP contribution in [-0.4, -0.2) is 14.9 Å². The summed E-state index contributed by atoms with van der Waals surface area (Å²) in [6.07, 6.45) is 3.00. The zero-order valence-electron chi connectivity index (χ0n) is 11.5. The predicted octanol–water partition coefficient (Wildman–Crippen LogP) is 2.71. The average Bonchev–Trinajstić information content (AvgIpc) is 2.87. The van der Waals surface area contributed by atoms with E-state index in [0.29, 0.717) is 18.2 Å². The normalized spacial score (nSPS) is 14.3. The lowest BCUT2D eigenvalue weighted by atomic mass is 10.0. The van der Waals surface area contributed by atoms with Gasteiger partial charge in [0.1, 0.15) is 0 Å². The van der Waals surface area contributed by atoms with Crippen LogP contribution >= 0.6 is 0 Å². The molecule has 0 saturated carbocycles. The van der Waals surface area contributed by atoms with Gasteiger partial charge in [0.25, 0.3) is 0 Å². The Morgan fingerprint density at radius 2 is 1.95 bits per heavy atom. The van der Waals surface area contributed by atoms with Gasteiger partial charge in [-0.1, -0.05) is 19.1 Å². The molecule has 4 nitrogen and oxygen atoms in total. The summed E-state index contributed by atoms with van der Waals surface area (Å²) in [5, 5.41) is 14.7. The molecule has 0 aliphatic rings. The molecule has 1 heterocycles. The van der Waals surface area contributed by atoms with Crippen molar-refractivity contribution in [2.45, 2.75) is 38.8 Å². The van der Waals surface area contributed by atoms with Crippen LogP contribution in [0.1, 0.15) is 43.7 Å². The number of hydrogen-bond donors (Lipinski definition) is 2. The summed E-state index contributed by atoms with van der Waals surface area (Å²) in [5.74, 6) is 0. The van der Waals surface area contributed by atoms with Crippen molar-refractivity contribution in [1.82, 2.24) is 9.78 Å². The highest BCUT2D eigenvalue weighted by Crippen LogP contribution is 2.19. The first-order valence-electron chi connectivity index (χ1n) is 6.67. The molecule has 1 aromatic heterocycles. The quantitative estimate of drug-likeness (QED) is 0.811. The smallest absolute Gasteiger partial charge is 0.0846 e. The van der Waals surface area contributed by atoms with Gasteiger partial charge in [-0.05, 0) is 37.1 Å². The van der Waals surface area contributed by atoms with Crippen molar-refractivity contribution in [3.63, 3.8) is 0 Å². The number of anilines is 1. The van der Waals surface area contributed by atoms with E-state index in [1.807, 2.05) is 29.1 Å². The number of nitrogens with zero attached hydrogens (tertiary/aromatic N) is 2. The third kappa shape index (κ3) is 3.35. The van der Waals surface area contributed by atoms with Crippen LogP contribution in [0, 0.1) is 0 Å². The second-order valence-electron chi connectivity index (χ2n) is 4.93. The maximum absolute atomic E-state index is 10.2. The Bertz CT molecular complexity index is 518. The van der Waals surface area contributed by atoms with Gasteiger partial charge in [0.15, 0.2) is 0 Å². The molecule has 0 aliphatic heterocycles. The van der Waals surface area contributed by atoms with Gasteiger partial charge in [0.05, 0.1) is 11.8 Å². The molecule has 0 spiro atoms. The number of aromatic nitrogens is 2. The molecule has 2 unspecified atom stereocenters. The standard InChI is InChI=1S/C15H21N3O/c1-3-11(2)18-9-8-14(17-18)10-15(19)12-4-6-13(16)7-5-12/h4-9,11,15,19H,3,10,16H2,1-2H3. The minimum atomic E-state index is -0.541. The Morgan fingerprint density at radius 3 is 2.58 bits per heavy atom. The van der Waals surface area contributed by atoms with E-state index in [1.165, 1.54) is 0 Å². The van der Waals surface area contributed by atoms with E-state index in [9.17, 15) is 5.11 Å². The van der Waals surface area contributed by atoms with E-state index in [1.54, 1.807) is 12.1 Å². The average molecular weight is 259 g/mol. The minimum absolute atomic E-state index is 0.391. The zero-order valence-corrected chi connectivity index (χ0v) is 11.5. The van der Waals surface area contributed by atoms with Crippen LogP contribution in [-0.2, 0) is 6.42 Å². The first-order chi connectivity index (χ1) is 9.10. The molecule has 2 aromatic rings. The van der Waals surface area contributed by atoms with E-state index in [0.717, 1.165) is 17.7 Å². The van der Waals surface area contributed by atoms with Crippen molar-refractivity contribution in [2.24, 2.45) is 0 Å². The molecule has 1 aromatic carbocycles. The number of rotatable bonds is 5. The van der Waals surface area contributed by atoms with Gasteiger partial charge >= 0.3 is 0 Å². The molecule has 0 aliphatic carbocycles. The molecule has 2 atom stereocenters. The molecular formula is C15H21N3O. The maximum atomic E-state index is 10.2. The largest absolute Gasteiger partial charge is 0.399 e. The van der Waals surface area contributed by atoms with Gasteiger partial charge in [-0.15, -0.1) is 0 Å². The summed E-state index contributed by atoms with van der Waals surface area (Å²) in [6.45, 7) is 4.27. The van der Waals surface area contributed by atoms with Crippen molar-refractivity contribution in [2.75, 3.05) is 5.73 Å². The van der Waals surface area contributed by atoms with Crippen LogP contribution < -0.4 is 5.73 Å². The zero-order chi connectivity index (χ0) is 13.8. The second-order valence-corrected chi connectivity index (χ2v) is 4.93. The Kier molecular flexibility index (Phi) is 4.22. The Hall–Kier alpha value is -1.81. The number of aliphatic hydroxyl groups excluding tert-OH is 1. The van der Waals surface area contributed by atoms with Crippen LogP contribution in [0.25, 0.3) is 0 Å². The van der Waals surface area contributed by atoms with Crippen LogP contribution in [0.5, 0.6) is 0 Å².